The Morgan fingerprint density at radius 3 is 2.35 bits per heavy atom. The summed E-state index contributed by atoms with van der Waals surface area (Å²) in [5, 5.41) is 19.9. The van der Waals surface area contributed by atoms with E-state index < -0.39 is 34.4 Å². The number of aliphatic hydroxyl groups excluding tert-OH is 2. The minimum atomic E-state index is -3.67. The Kier molecular flexibility index (Phi) is 7.53. The molecule has 1 aromatic rings. The number of ether oxygens (including phenoxy) is 1. The summed E-state index contributed by atoms with van der Waals surface area (Å²) in [6, 6.07) is 7.68. The fraction of sp³-hybridized carbons (Fsp3) is 0.647. The standard InChI is InChI=1S/C17H29N3O5S/c1-19(2)9-10-20(3)16-14(25-15(12-21)17(16)22)11-18-26(23,24)13-7-5-4-6-8-13/h4-8,14-18,21-22H,9-12H2,1-3H3/t14-,15+,16+,17-/m1/s1. The number of sulfonamides is 1. The number of nitrogens with zero attached hydrogens (tertiary/aromatic N) is 2. The second-order valence-corrected chi connectivity index (χ2v) is 8.59. The maximum atomic E-state index is 12.4. The van der Waals surface area contributed by atoms with Gasteiger partial charge in [-0.15, -0.1) is 0 Å². The molecule has 3 N–H and O–H groups in total. The Hall–Kier alpha value is -1.07. The third-order valence-electron chi connectivity index (χ3n) is 4.58. The molecular weight excluding hydrogens is 358 g/mol. The zero-order valence-electron chi connectivity index (χ0n) is 15.4. The van der Waals surface area contributed by atoms with Gasteiger partial charge in [0.1, 0.15) is 12.2 Å². The highest BCUT2D eigenvalue weighted by Gasteiger charge is 2.45. The van der Waals surface area contributed by atoms with Crippen LogP contribution in [0.2, 0.25) is 0 Å². The predicted molar refractivity (Wildman–Crippen MR) is 98.4 cm³/mol. The Morgan fingerprint density at radius 1 is 1.12 bits per heavy atom. The monoisotopic (exact) mass is 387 g/mol. The molecular formula is C17H29N3O5S. The Labute approximate surface area is 155 Å². The van der Waals surface area contributed by atoms with Crippen molar-refractivity contribution in [1.29, 1.82) is 0 Å². The van der Waals surface area contributed by atoms with Crippen molar-refractivity contribution in [2.24, 2.45) is 0 Å². The van der Waals surface area contributed by atoms with Crippen molar-refractivity contribution in [3.05, 3.63) is 30.3 Å². The second-order valence-electron chi connectivity index (χ2n) is 6.83. The van der Waals surface area contributed by atoms with Crippen LogP contribution in [0.25, 0.3) is 0 Å². The molecule has 8 nitrogen and oxygen atoms in total. The van der Waals surface area contributed by atoms with Crippen LogP contribution in [-0.4, -0.2) is 100 Å². The number of hydrogen-bond donors (Lipinski definition) is 3. The van der Waals surface area contributed by atoms with E-state index in [1.54, 1.807) is 18.2 Å². The predicted octanol–water partition coefficient (Wildman–Crippen LogP) is -1.05. The number of likely N-dealkylation sites (N-methyl/N-ethyl adjacent to an activating group) is 2. The minimum Gasteiger partial charge on any atom is -0.394 e. The van der Waals surface area contributed by atoms with Crippen molar-refractivity contribution in [1.82, 2.24) is 14.5 Å². The molecule has 1 saturated heterocycles. The third kappa shape index (κ3) is 5.23. The van der Waals surface area contributed by atoms with Crippen molar-refractivity contribution in [3.63, 3.8) is 0 Å². The fourth-order valence-electron chi connectivity index (χ4n) is 3.07. The summed E-state index contributed by atoms with van der Waals surface area (Å²) in [5.41, 5.74) is 0. The van der Waals surface area contributed by atoms with Crippen molar-refractivity contribution in [2.75, 3.05) is 47.4 Å². The molecule has 148 valence electrons. The van der Waals surface area contributed by atoms with Gasteiger partial charge in [0.25, 0.3) is 0 Å². The van der Waals surface area contributed by atoms with Crippen LogP contribution in [0.3, 0.4) is 0 Å². The van der Waals surface area contributed by atoms with Crippen molar-refractivity contribution >= 4 is 10.0 Å². The van der Waals surface area contributed by atoms with E-state index in [1.165, 1.54) is 12.1 Å². The average molecular weight is 388 g/mol. The van der Waals surface area contributed by atoms with Gasteiger partial charge >= 0.3 is 0 Å². The molecule has 0 unspecified atom stereocenters. The number of nitrogens with one attached hydrogen (secondary N) is 1. The van der Waals surface area contributed by atoms with Gasteiger partial charge < -0.3 is 19.8 Å². The van der Waals surface area contributed by atoms with Crippen LogP contribution < -0.4 is 4.72 Å². The molecule has 1 fully saturated rings. The molecule has 1 aliphatic heterocycles. The molecule has 26 heavy (non-hydrogen) atoms. The molecule has 0 amide bonds. The van der Waals surface area contributed by atoms with Crippen molar-refractivity contribution < 1.29 is 23.4 Å². The Morgan fingerprint density at radius 2 is 1.77 bits per heavy atom. The summed E-state index contributed by atoms with van der Waals surface area (Å²) in [6.07, 6.45) is -2.18. The van der Waals surface area contributed by atoms with E-state index >= 15 is 0 Å². The van der Waals surface area contributed by atoms with Gasteiger partial charge in [-0.1, -0.05) is 18.2 Å². The highest BCUT2D eigenvalue weighted by atomic mass is 32.2. The van der Waals surface area contributed by atoms with Crippen LogP contribution in [0.15, 0.2) is 35.2 Å². The first-order valence-corrected chi connectivity index (χ1v) is 10.1. The van der Waals surface area contributed by atoms with E-state index in [-0.39, 0.29) is 18.0 Å². The van der Waals surface area contributed by atoms with E-state index in [9.17, 15) is 18.6 Å². The highest BCUT2D eigenvalue weighted by Crippen LogP contribution is 2.25. The fourth-order valence-corrected chi connectivity index (χ4v) is 4.14. The molecule has 0 radical (unpaired) electrons. The van der Waals surface area contributed by atoms with Crippen LogP contribution in [-0.2, 0) is 14.8 Å². The molecule has 0 bridgehead atoms. The number of aliphatic hydroxyl groups is 2. The van der Waals surface area contributed by atoms with E-state index in [0.717, 1.165) is 6.54 Å². The quantitative estimate of drug-likeness (QED) is 0.497. The molecule has 0 aromatic heterocycles. The van der Waals surface area contributed by atoms with Gasteiger partial charge in [-0.2, -0.15) is 0 Å². The average Bonchev–Trinajstić information content (AvgIpc) is 2.94. The number of hydrogen-bond acceptors (Lipinski definition) is 7. The van der Waals surface area contributed by atoms with Crippen LogP contribution in [0, 0.1) is 0 Å². The zero-order chi connectivity index (χ0) is 19.3. The van der Waals surface area contributed by atoms with Crippen molar-refractivity contribution in [2.45, 2.75) is 29.2 Å². The van der Waals surface area contributed by atoms with Crippen molar-refractivity contribution in [3.8, 4) is 0 Å². The third-order valence-corrected chi connectivity index (χ3v) is 6.02. The Bertz CT molecular complexity index is 656. The Balaban J connectivity index is 2.07. The van der Waals surface area contributed by atoms with Gasteiger partial charge in [-0.25, -0.2) is 13.1 Å². The lowest BCUT2D eigenvalue weighted by Crippen LogP contribution is -2.51. The molecule has 1 aliphatic rings. The first kappa shape index (κ1) is 21.2. The molecule has 0 aliphatic carbocycles. The smallest absolute Gasteiger partial charge is 0.240 e. The van der Waals surface area contributed by atoms with Crippen LogP contribution in [0.1, 0.15) is 0 Å². The van der Waals surface area contributed by atoms with Crippen LogP contribution in [0.5, 0.6) is 0 Å². The van der Waals surface area contributed by atoms with Gasteiger partial charge in [0.2, 0.25) is 10.0 Å². The summed E-state index contributed by atoms with van der Waals surface area (Å²) < 4.78 is 33.1. The SMILES string of the molecule is CN(C)CCN(C)[C@@H]1[C@H](O)[C@H](CO)O[C@@H]1CNS(=O)(=O)c1ccccc1. The first-order chi connectivity index (χ1) is 12.3. The van der Waals surface area contributed by atoms with Crippen LogP contribution >= 0.6 is 0 Å². The number of benzene rings is 1. The molecule has 0 saturated carbocycles. The molecule has 2 rings (SSSR count). The zero-order valence-corrected chi connectivity index (χ0v) is 16.3. The minimum absolute atomic E-state index is 0.0156. The van der Waals surface area contributed by atoms with E-state index in [4.69, 9.17) is 4.74 Å². The van der Waals surface area contributed by atoms with Gasteiger partial charge in [0.15, 0.2) is 0 Å². The van der Waals surface area contributed by atoms with Gasteiger partial charge in [-0.05, 0) is 33.3 Å². The van der Waals surface area contributed by atoms with Crippen LogP contribution in [0.4, 0.5) is 0 Å². The summed E-state index contributed by atoms with van der Waals surface area (Å²) in [7, 11) is 2.11. The molecule has 4 atom stereocenters. The lowest BCUT2D eigenvalue weighted by molar-refractivity contribution is -0.0201. The van der Waals surface area contributed by atoms with Gasteiger partial charge in [0, 0.05) is 19.6 Å². The van der Waals surface area contributed by atoms with Gasteiger partial charge in [0.05, 0.1) is 23.6 Å². The maximum absolute atomic E-state index is 12.4. The van der Waals surface area contributed by atoms with E-state index in [1.807, 2.05) is 30.9 Å². The summed E-state index contributed by atoms with van der Waals surface area (Å²) >= 11 is 0. The summed E-state index contributed by atoms with van der Waals surface area (Å²) in [6.45, 7) is 1.16. The highest BCUT2D eigenvalue weighted by molar-refractivity contribution is 7.89. The molecule has 0 spiro atoms. The van der Waals surface area contributed by atoms with E-state index in [0.29, 0.717) is 6.54 Å². The van der Waals surface area contributed by atoms with E-state index in [2.05, 4.69) is 4.72 Å². The second kappa shape index (κ2) is 9.23. The lowest BCUT2D eigenvalue weighted by atomic mass is 10.0. The normalized spacial score (nSPS) is 26.7. The first-order valence-electron chi connectivity index (χ1n) is 8.60. The summed E-state index contributed by atoms with van der Waals surface area (Å²) in [4.78, 5) is 4.15. The maximum Gasteiger partial charge on any atom is 0.240 e. The molecule has 1 aromatic carbocycles. The molecule has 9 heteroatoms. The topological polar surface area (TPSA) is 102 Å². The molecule has 1 heterocycles. The lowest BCUT2D eigenvalue weighted by Gasteiger charge is -2.31. The number of rotatable bonds is 9. The summed E-state index contributed by atoms with van der Waals surface area (Å²) in [5.74, 6) is 0. The van der Waals surface area contributed by atoms with Gasteiger partial charge in [-0.3, -0.25) is 4.90 Å². The largest absolute Gasteiger partial charge is 0.394 e.